The van der Waals surface area contributed by atoms with Crippen molar-refractivity contribution in [3.63, 3.8) is 0 Å². The van der Waals surface area contributed by atoms with Crippen LogP contribution < -0.4 is 5.32 Å². The standard InChI is InChI=1S/C15H15N3O2/c19-14-12-9-4-5-10(7-9)13(12)15(20)18(14)8-17-11-3-1-2-6-16-11/h1-6,9-10,12-13H,7-8H2,(H,16,17)/t9-,10+,12-,13-/m0/s1. The van der Waals surface area contributed by atoms with E-state index in [1.54, 1.807) is 6.20 Å². The smallest absolute Gasteiger partial charge is 0.235 e. The number of amides is 2. The number of hydrogen-bond acceptors (Lipinski definition) is 4. The van der Waals surface area contributed by atoms with Gasteiger partial charge in [0.05, 0.1) is 18.5 Å². The molecule has 2 amide bonds. The van der Waals surface area contributed by atoms with E-state index < -0.39 is 0 Å². The van der Waals surface area contributed by atoms with E-state index in [9.17, 15) is 9.59 Å². The lowest BCUT2D eigenvalue weighted by molar-refractivity contribution is -0.140. The van der Waals surface area contributed by atoms with Gasteiger partial charge in [-0.15, -0.1) is 0 Å². The number of nitrogens with zero attached hydrogens (tertiary/aromatic N) is 2. The maximum Gasteiger partial charge on any atom is 0.235 e. The Hall–Kier alpha value is -2.17. The molecule has 0 unspecified atom stereocenters. The normalized spacial score (nSPS) is 33.9. The van der Waals surface area contributed by atoms with Crippen LogP contribution in [0, 0.1) is 23.7 Å². The van der Waals surface area contributed by atoms with Crippen LogP contribution in [-0.4, -0.2) is 28.4 Å². The summed E-state index contributed by atoms with van der Waals surface area (Å²) in [6, 6.07) is 5.50. The summed E-state index contributed by atoms with van der Waals surface area (Å²) < 4.78 is 0. The van der Waals surface area contributed by atoms with Crippen LogP contribution in [0.15, 0.2) is 36.5 Å². The summed E-state index contributed by atoms with van der Waals surface area (Å²) >= 11 is 0. The zero-order chi connectivity index (χ0) is 13.7. The molecule has 3 aliphatic rings. The van der Waals surface area contributed by atoms with Crippen LogP contribution in [-0.2, 0) is 9.59 Å². The van der Waals surface area contributed by atoms with Gasteiger partial charge in [-0.2, -0.15) is 0 Å². The molecule has 0 aromatic carbocycles. The van der Waals surface area contributed by atoms with Gasteiger partial charge < -0.3 is 5.32 Å². The third-order valence-electron chi connectivity index (χ3n) is 4.64. The molecule has 1 aliphatic heterocycles. The largest absolute Gasteiger partial charge is 0.352 e. The summed E-state index contributed by atoms with van der Waals surface area (Å²) in [6.45, 7) is 0.209. The molecular weight excluding hydrogens is 254 g/mol. The first-order valence-electron chi connectivity index (χ1n) is 6.94. The second-order valence-electron chi connectivity index (χ2n) is 5.65. The maximum absolute atomic E-state index is 12.4. The Labute approximate surface area is 116 Å². The third-order valence-corrected chi connectivity index (χ3v) is 4.64. The number of likely N-dealkylation sites (tertiary alicyclic amines) is 1. The highest BCUT2D eigenvalue weighted by atomic mass is 16.2. The summed E-state index contributed by atoms with van der Waals surface area (Å²) in [6.07, 6.45) is 6.85. The summed E-state index contributed by atoms with van der Waals surface area (Å²) in [4.78, 5) is 30.3. The quantitative estimate of drug-likeness (QED) is 0.663. The van der Waals surface area contributed by atoms with Crippen molar-refractivity contribution < 1.29 is 9.59 Å². The number of hydrogen-bond donors (Lipinski definition) is 1. The number of aromatic nitrogens is 1. The molecule has 4 rings (SSSR count). The number of pyridine rings is 1. The van der Waals surface area contributed by atoms with Crippen molar-refractivity contribution in [2.24, 2.45) is 23.7 Å². The van der Waals surface area contributed by atoms with E-state index in [1.165, 1.54) is 4.90 Å². The topological polar surface area (TPSA) is 62.3 Å². The van der Waals surface area contributed by atoms with Crippen molar-refractivity contribution in [2.45, 2.75) is 6.42 Å². The molecule has 1 aromatic rings. The number of allylic oxidation sites excluding steroid dienone is 2. The van der Waals surface area contributed by atoms with E-state index in [4.69, 9.17) is 0 Å². The van der Waals surface area contributed by atoms with Crippen molar-refractivity contribution in [1.82, 2.24) is 9.88 Å². The lowest BCUT2D eigenvalue weighted by atomic mass is 9.85. The summed E-state index contributed by atoms with van der Waals surface area (Å²) in [5, 5.41) is 3.04. The number of carbonyl (C=O) groups is 2. The van der Waals surface area contributed by atoms with Crippen molar-refractivity contribution in [1.29, 1.82) is 0 Å². The Bertz CT molecular complexity index is 568. The van der Waals surface area contributed by atoms with Crippen molar-refractivity contribution in [3.8, 4) is 0 Å². The first kappa shape index (κ1) is 11.6. The van der Waals surface area contributed by atoms with E-state index in [0.717, 1.165) is 6.42 Å². The number of rotatable bonds is 3. The van der Waals surface area contributed by atoms with E-state index in [-0.39, 0.29) is 42.2 Å². The molecule has 20 heavy (non-hydrogen) atoms. The summed E-state index contributed by atoms with van der Waals surface area (Å²) in [5.74, 6) is 0.903. The fourth-order valence-electron chi connectivity index (χ4n) is 3.75. The maximum atomic E-state index is 12.4. The number of fused-ring (bicyclic) bond motifs is 5. The van der Waals surface area contributed by atoms with Crippen LogP contribution in [0.5, 0.6) is 0 Å². The Morgan fingerprint density at radius 1 is 1.15 bits per heavy atom. The van der Waals surface area contributed by atoms with Gasteiger partial charge in [-0.1, -0.05) is 18.2 Å². The van der Waals surface area contributed by atoms with Crippen LogP contribution in [0.2, 0.25) is 0 Å². The molecule has 2 aliphatic carbocycles. The van der Waals surface area contributed by atoms with Gasteiger partial charge in [0.2, 0.25) is 11.8 Å². The van der Waals surface area contributed by atoms with E-state index in [2.05, 4.69) is 22.5 Å². The molecule has 0 spiro atoms. The van der Waals surface area contributed by atoms with Crippen LogP contribution in [0.1, 0.15) is 6.42 Å². The van der Waals surface area contributed by atoms with Crippen molar-refractivity contribution in [2.75, 3.05) is 12.0 Å². The molecule has 5 nitrogen and oxygen atoms in total. The van der Waals surface area contributed by atoms with Gasteiger partial charge >= 0.3 is 0 Å². The Morgan fingerprint density at radius 3 is 2.45 bits per heavy atom. The second-order valence-corrected chi connectivity index (χ2v) is 5.65. The molecule has 0 radical (unpaired) electrons. The number of nitrogens with one attached hydrogen (secondary N) is 1. The van der Waals surface area contributed by atoms with Gasteiger partial charge in [0.25, 0.3) is 0 Å². The Kier molecular flexibility index (Phi) is 2.42. The van der Waals surface area contributed by atoms with Gasteiger partial charge in [0.15, 0.2) is 0 Å². The van der Waals surface area contributed by atoms with Crippen LogP contribution in [0.3, 0.4) is 0 Å². The molecule has 2 fully saturated rings. The van der Waals surface area contributed by atoms with Gasteiger partial charge in [-0.25, -0.2) is 4.98 Å². The minimum Gasteiger partial charge on any atom is -0.352 e. The molecule has 1 aromatic heterocycles. The molecule has 1 saturated heterocycles. The first-order chi connectivity index (χ1) is 9.75. The average molecular weight is 269 g/mol. The Morgan fingerprint density at radius 2 is 1.85 bits per heavy atom. The van der Waals surface area contributed by atoms with Crippen molar-refractivity contribution >= 4 is 17.6 Å². The highest BCUT2D eigenvalue weighted by Gasteiger charge is 2.59. The van der Waals surface area contributed by atoms with Crippen molar-refractivity contribution in [3.05, 3.63) is 36.5 Å². The fraction of sp³-hybridized carbons (Fsp3) is 0.400. The Balaban J connectivity index is 1.51. The zero-order valence-corrected chi connectivity index (χ0v) is 10.9. The van der Waals surface area contributed by atoms with Gasteiger partial charge in [-0.3, -0.25) is 14.5 Å². The minimum atomic E-state index is -0.122. The fourth-order valence-corrected chi connectivity index (χ4v) is 3.75. The molecule has 2 heterocycles. The lowest BCUT2D eigenvalue weighted by Gasteiger charge is -2.17. The lowest BCUT2D eigenvalue weighted by Crippen LogP contribution is -2.37. The zero-order valence-electron chi connectivity index (χ0n) is 10.9. The third kappa shape index (κ3) is 1.52. The predicted octanol–water partition coefficient (Wildman–Crippen LogP) is 1.26. The van der Waals surface area contributed by atoms with Crippen LogP contribution in [0.4, 0.5) is 5.82 Å². The molecular formula is C15H15N3O2. The van der Waals surface area contributed by atoms with Gasteiger partial charge in [0, 0.05) is 6.20 Å². The highest BCUT2D eigenvalue weighted by Crippen LogP contribution is 2.52. The van der Waals surface area contributed by atoms with E-state index in [1.807, 2.05) is 18.2 Å². The summed E-state index contributed by atoms with van der Waals surface area (Å²) in [5.41, 5.74) is 0. The molecule has 1 saturated carbocycles. The second kappa shape index (κ2) is 4.16. The minimum absolute atomic E-state index is 0.0275. The average Bonchev–Trinajstić information content (AvgIpc) is 3.13. The number of carbonyl (C=O) groups excluding carboxylic acids is 2. The van der Waals surface area contributed by atoms with Crippen LogP contribution >= 0.6 is 0 Å². The number of anilines is 1. The molecule has 4 atom stereocenters. The molecule has 2 bridgehead atoms. The molecule has 5 heteroatoms. The van der Waals surface area contributed by atoms with E-state index >= 15 is 0 Å². The number of imide groups is 1. The van der Waals surface area contributed by atoms with Gasteiger partial charge in [0.1, 0.15) is 5.82 Å². The molecule has 1 N–H and O–H groups in total. The van der Waals surface area contributed by atoms with E-state index in [0.29, 0.717) is 5.82 Å². The SMILES string of the molecule is O=C1[C@@H]2[C@@H](C(=O)N1CNc1ccccn1)[C@H]1C=C[C@@H]2C1. The monoisotopic (exact) mass is 269 g/mol. The van der Waals surface area contributed by atoms with Crippen LogP contribution in [0.25, 0.3) is 0 Å². The van der Waals surface area contributed by atoms with Gasteiger partial charge in [-0.05, 0) is 30.4 Å². The highest BCUT2D eigenvalue weighted by molar-refractivity contribution is 6.06. The predicted molar refractivity (Wildman–Crippen MR) is 72.3 cm³/mol. The first-order valence-corrected chi connectivity index (χ1v) is 6.94. The summed E-state index contributed by atoms with van der Waals surface area (Å²) in [7, 11) is 0. The molecule has 102 valence electrons.